The van der Waals surface area contributed by atoms with Gasteiger partial charge in [-0.25, -0.2) is 4.39 Å². The highest BCUT2D eigenvalue weighted by atomic mass is 19.1. The van der Waals surface area contributed by atoms with Gasteiger partial charge in [-0.1, -0.05) is 0 Å². The first-order valence-corrected chi connectivity index (χ1v) is 7.19. The normalized spacial score (nSPS) is 11.0. The average Bonchev–Trinajstić information content (AvgIpc) is 3.01. The number of rotatable bonds is 5. The number of carbonyl (C=O) groups excluding carboxylic acids is 2. The number of nitro groups is 1. The van der Waals surface area contributed by atoms with Gasteiger partial charge in [0.15, 0.2) is 0 Å². The number of amides is 2. The standard InChI is InChI=1S/C15H16FN5O4/c1-9(22)18-10-4-5-12(16)13(6-10)19-14(23)15(2,3)20-8-11(7-17-20)21(24)25/h4-8H,1-3H3,(H,18,22)(H,19,23). The van der Waals surface area contributed by atoms with Gasteiger partial charge in [0, 0.05) is 12.6 Å². The Morgan fingerprint density at radius 3 is 2.56 bits per heavy atom. The zero-order valence-corrected chi connectivity index (χ0v) is 13.7. The molecule has 2 aromatic rings. The number of benzene rings is 1. The Labute approximate surface area is 142 Å². The Bertz CT molecular complexity index is 846. The van der Waals surface area contributed by atoms with Gasteiger partial charge in [-0.05, 0) is 32.0 Å². The van der Waals surface area contributed by atoms with Gasteiger partial charge >= 0.3 is 5.69 Å². The molecule has 1 heterocycles. The topological polar surface area (TPSA) is 119 Å². The summed E-state index contributed by atoms with van der Waals surface area (Å²) in [7, 11) is 0. The van der Waals surface area contributed by atoms with E-state index in [2.05, 4.69) is 15.7 Å². The lowest BCUT2D eigenvalue weighted by Crippen LogP contribution is -2.40. The van der Waals surface area contributed by atoms with Crippen LogP contribution < -0.4 is 10.6 Å². The van der Waals surface area contributed by atoms with E-state index in [0.717, 1.165) is 23.1 Å². The second kappa shape index (κ2) is 6.67. The minimum atomic E-state index is -1.31. The SMILES string of the molecule is CC(=O)Nc1ccc(F)c(NC(=O)C(C)(C)n2cc([N+](=O)[O-])cn2)c1. The molecule has 2 amide bonds. The van der Waals surface area contributed by atoms with Crippen LogP contribution >= 0.6 is 0 Å². The number of nitrogens with one attached hydrogen (secondary N) is 2. The first-order chi connectivity index (χ1) is 11.6. The monoisotopic (exact) mass is 349 g/mol. The number of aromatic nitrogens is 2. The maximum atomic E-state index is 13.9. The number of hydrogen-bond donors (Lipinski definition) is 2. The zero-order valence-electron chi connectivity index (χ0n) is 13.7. The van der Waals surface area contributed by atoms with Crippen molar-refractivity contribution in [2.24, 2.45) is 0 Å². The van der Waals surface area contributed by atoms with Crippen LogP contribution in [-0.4, -0.2) is 26.5 Å². The fourth-order valence-electron chi connectivity index (χ4n) is 1.99. The minimum absolute atomic E-state index is 0.133. The Morgan fingerprint density at radius 1 is 1.32 bits per heavy atom. The van der Waals surface area contributed by atoms with E-state index in [-0.39, 0.29) is 17.3 Å². The van der Waals surface area contributed by atoms with Crippen molar-refractivity contribution in [3.05, 3.63) is 46.5 Å². The highest BCUT2D eigenvalue weighted by Crippen LogP contribution is 2.24. The quantitative estimate of drug-likeness (QED) is 0.634. The van der Waals surface area contributed by atoms with Gasteiger partial charge in [0.05, 0.1) is 10.6 Å². The van der Waals surface area contributed by atoms with E-state index in [4.69, 9.17) is 0 Å². The van der Waals surface area contributed by atoms with Crippen LogP contribution in [0.15, 0.2) is 30.6 Å². The number of halogens is 1. The molecule has 0 unspecified atom stereocenters. The average molecular weight is 349 g/mol. The van der Waals surface area contributed by atoms with Gasteiger partial charge in [0.25, 0.3) is 5.91 Å². The molecule has 0 spiro atoms. The van der Waals surface area contributed by atoms with E-state index in [0.29, 0.717) is 5.69 Å². The van der Waals surface area contributed by atoms with Crippen LogP contribution in [0.3, 0.4) is 0 Å². The van der Waals surface area contributed by atoms with Gasteiger partial charge < -0.3 is 10.6 Å². The van der Waals surface area contributed by atoms with Crippen molar-refractivity contribution in [1.29, 1.82) is 0 Å². The molecule has 0 aliphatic carbocycles. The van der Waals surface area contributed by atoms with Gasteiger partial charge in [0.2, 0.25) is 5.91 Å². The molecule has 2 N–H and O–H groups in total. The Kier molecular flexibility index (Phi) is 4.82. The first kappa shape index (κ1) is 18.0. The summed E-state index contributed by atoms with van der Waals surface area (Å²) < 4.78 is 15.0. The number of anilines is 2. The third-order valence-corrected chi connectivity index (χ3v) is 3.44. The smallest absolute Gasteiger partial charge is 0.307 e. The summed E-state index contributed by atoms with van der Waals surface area (Å²) in [5.41, 5.74) is -1.40. The summed E-state index contributed by atoms with van der Waals surface area (Å²) in [5.74, 6) is -1.66. The highest BCUT2D eigenvalue weighted by Gasteiger charge is 2.32. The fraction of sp³-hybridized carbons (Fsp3) is 0.267. The number of hydrogen-bond acceptors (Lipinski definition) is 5. The molecule has 0 radical (unpaired) electrons. The molecule has 0 aliphatic rings. The van der Waals surface area contributed by atoms with Crippen molar-refractivity contribution in [2.75, 3.05) is 10.6 Å². The predicted octanol–water partition coefficient (Wildman–Crippen LogP) is 2.26. The molecular formula is C15H16FN5O4. The molecule has 132 valence electrons. The van der Waals surface area contributed by atoms with Crippen molar-refractivity contribution in [3.63, 3.8) is 0 Å². The molecule has 10 heteroatoms. The molecule has 2 rings (SSSR count). The molecule has 0 aliphatic heterocycles. The fourth-order valence-corrected chi connectivity index (χ4v) is 1.99. The van der Waals surface area contributed by atoms with Crippen LogP contribution in [0.1, 0.15) is 20.8 Å². The van der Waals surface area contributed by atoms with Gasteiger partial charge in [-0.2, -0.15) is 5.10 Å². The summed E-state index contributed by atoms with van der Waals surface area (Å²) in [6, 6.07) is 3.73. The Morgan fingerprint density at radius 2 is 2.00 bits per heavy atom. The second-order valence-corrected chi connectivity index (χ2v) is 5.79. The van der Waals surface area contributed by atoms with Crippen molar-refractivity contribution in [2.45, 2.75) is 26.3 Å². The second-order valence-electron chi connectivity index (χ2n) is 5.79. The highest BCUT2D eigenvalue weighted by molar-refractivity contribution is 5.97. The first-order valence-electron chi connectivity index (χ1n) is 7.19. The van der Waals surface area contributed by atoms with Crippen molar-refractivity contribution in [1.82, 2.24) is 9.78 Å². The zero-order chi connectivity index (χ0) is 18.8. The van der Waals surface area contributed by atoms with Crippen molar-refractivity contribution < 1.29 is 18.9 Å². The molecule has 25 heavy (non-hydrogen) atoms. The predicted molar refractivity (Wildman–Crippen MR) is 87.5 cm³/mol. The third kappa shape index (κ3) is 3.97. The van der Waals surface area contributed by atoms with Crippen LogP contribution in [0.2, 0.25) is 0 Å². The molecule has 0 atom stereocenters. The lowest BCUT2D eigenvalue weighted by atomic mass is 10.0. The summed E-state index contributed by atoms with van der Waals surface area (Å²) in [6.07, 6.45) is 2.14. The third-order valence-electron chi connectivity index (χ3n) is 3.44. The maximum Gasteiger partial charge on any atom is 0.307 e. The number of nitrogens with zero attached hydrogens (tertiary/aromatic N) is 3. The summed E-state index contributed by atoms with van der Waals surface area (Å²) >= 11 is 0. The lowest BCUT2D eigenvalue weighted by Gasteiger charge is -2.24. The maximum absolute atomic E-state index is 13.9. The van der Waals surface area contributed by atoms with E-state index in [1.165, 1.54) is 32.9 Å². The molecule has 0 saturated carbocycles. The van der Waals surface area contributed by atoms with Crippen molar-refractivity contribution in [3.8, 4) is 0 Å². The molecule has 1 aromatic carbocycles. The van der Waals surface area contributed by atoms with Gasteiger partial charge in [-0.3, -0.25) is 24.4 Å². The van der Waals surface area contributed by atoms with Crippen LogP contribution in [-0.2, 0) is 15.1 Å². The van der Waals surface area contributed by atoms with E-state index in [9.17, 15) is 24.1 Å². The van der Waals surface area contributed by atoms with Crippen LogP contribution in [0.4, 0.5) is 21.5 Å². The lowest BCUT2D eigenvalue weighted by molar-refractivity contribution is -0.385. The largest absolute Gasteiger partial charge is 0.326 e. The Balaban J connectivity index is 2.25. The molecule has 9 nitrogen and oxygen atoms in total. The van der Waals surface area contributed by atoms with Gasteiger partial charge in [0.1, 0.15) is 23.7 Å². The van der Waals surface area contributed by atoms with E-state index < -0.39 is 22.2 Å². The summed E-state index contributed by atoms with van der Waals surface area (Å²) in [4.78, 5) is 33.7. The molecule has 0 bridgehead atoms. The van der Waals surface area contributed by atoms with Crippen LogP contribution in [0, 0.1) is 15.9 Å². The molecule has 0 fully saturated rings. The van der Waals surface area contributed by atoms with E-state index in [1.807, 2.05) is 0 Å². The minimum Gasteiger partial charge on any atom is -0.326 e. The van der Waals surface area contributed by atoms with Crippen LogP contribution in [0.25, 0.3) is 0 Å². The summed E-state index contributed by atoms with van der Waals surface area (Å²) in [5, 5.41) is 19.4. The van der Waals surface area contributed by atoms with Gasteiger partial charge in [-0.15, -0.1) is 0 Å². The molecule has 1 aromatic heterocycles. The summed E-state index contributed by atoms with van der Waals surface area (Å²) in [6.45, 7) is 4.26. The van der Waals surface area contributed by atoms with E-state index >= 15 is 0 Å². The van der Waals surface area contributed by atoms with Crippen LogP contribution in [0.5, 0.6) is 0 Å². The molecular weight excluding hydrogens is 333 g/mol. The molecule has 0 saturated heterocycles. The van der Waals surface area contributed by atoms with E-state index in [1.54, 1.807) is 0 Å². The Hall–Kier alpha value is -3.30. The van der Waals surface area contributed by atoms with Crippen molar-refractivity contribution >= 4 is 28.9 Å². The number of carbonyl (C=O) groups is 2.